The van der Waals surface area contributed by atoms with Gasteiger partial charge >= 0.3 is 260 Å². The summed E-state index contributed by atoms with van der Waals surface area (Å²) in [7, 11) is 0. The fourth-order valence-corrected chi connectivity index (χ4v) is 13.2. The molecule has 2 aromatic heterocycles. The molecule has 5 heteroatoms. The Morgan fingerprint density at radius 1 is 0.463 bits per heavy atom. The number of hydrogen-bond acceptors (Lipinski definition) is 2. The normalized spacial score (nSPS) is 17.3. The summed E-state index contributed by atoms with van der Waals surface area (Å²) in [5, 5.41) is 2.81. The predicted molar refractivity (Wildman–Crippen MR) is 177 cm³/mol. The van der Waals surface area contributed by atoms with Gasteiger partial charge in [0, 0.05) is 0 Å². The molecule has 6 bridgehead atoms. The fourth-order valence-electron chi connectivity index (χ4n) is 7.64. The molecule has 0 aliphatic carbocycles. The molecule has 0 N–H and O–H groups in total. The second-order valence-corrected chi connectivity index (χ2v) is 15.6. The topological polar surface area (TPSA) is 34.6 Å². The first-order valence-electron chi connectivity index (χ1n) is 16.0. The molecule has 0 saturated heterocycles. The summed E-state index contributed by atoms with van der Waals surface area (Å²) in [6.07, 6.45) is 18.0. The molecule has 6 heterocycles. The Hall–Kier alpha value is -2.48. The van der Waals surface area contributed by atoms with Crippen molar-refractivity contribution in [3.8, 4) is 0 Å². The van der Waals surface area contributed by atoms with Crippen LogP contribution in [-0.2, 0) is 25.7 Å². The average molecular weight is 740 g/mol. The summed E-state index contributed by atoms with van der Waals surface area (Å²) in [6, 6.07) is 0. The van der Waals surface area contributed by atoms with E-state index in [0.29, 0.717) is 0 Å². The summed E-state index contributed by atoms with van der Waals surface area (Å²) in [6.45, 7) is 18.5. The quantitative estimate of drug-likeness (QED) is 0.265. The molecule has 212 valence electrons. The molecular formula is C36H44N4Pb. The van der Waals surface area contributed by atoms with Crippen LogP contribution in [0.5, 0.6) is 0 Å². The minimum absolute atomic E-state index is 1.01. The van der Waals surface area contributed by atoms with Crippen molar-refractivity contribution in [1.82, 2.24) is 4.75 Å². The van der Waals surface area contributed by atoms with Crippen LogP contribution in [0.2, 0.25) is 0 Å². The molecule has 4 nitrogen and oxygen atoms in total. The van der Waals surface area contributed by atoms with E-state index in [1.54, 1.807) is 0 Å². The molecule has 2 radical (unpaired) electrons. The fraction of sp³-hybridized carbons (Fsp3) is 0.444. The first-order valence-corrected chi connectivity index (χ1v) is 19.5. The Bertz CT molecular complexity index is 1650. The van der Waals surface area contributed by atoms with E-state index in [0.717, 1.165) is 51.4 Å². The molecular weight excluding hydrogens is 696 g/mol. The molecule has 4 aliphatic rings. The van der Waals surface area contributed by atoms with E-state index in [1.165, 1.54) is 89.4 Å². The molecule has 0 fully saturated rings. The van der Waals surface area contributed by atoms with E-state index < -0.39 is 24.8 Å². The molecule has 6 rings (SSSR count). The average Bonchev–Trinajstić information content (AvgIpc) is 3.67. The summed E-state index contributed by atoms with van der Waals surface area (Å²) < 4.78 is 5.58. The maximum absolute atomic E-state index is 5.40. The molecule has 2 aromatic rings. The molecule has 0 unspecified atom stereocenters. The van der Waals surface area contributed by atoms with Gasteiger partial charge in [0.1, 0.15) is 0 Å². The maximum atomic E-state index is 5.40. The van der Waals surface area contributed by atoms with Crippen LogP contribution in [0.1, 0.15) is 115 Å². The van der Waals surface area contributed by atoms with Gasteiger partial charge in [-0.15, -0.1) is 0 Å². The monoisotopic (exact) mass is 740 g/mol. The van der Waals surface area contributed by atoms with Crippen molar-refractivity contribution >= 4 is 60.6 Å². The Morgan fingerprint density at radius 3 is 1.20 bits per heavy atom. The first-order chi connectivity index (χ1) is 20.0. The minimum atomic E-state index is -1.68. The van der Waals surface area contributed by atoms with E-state index in [-0.39, 0.29) is 0 Å². The van der Waals surface area contributed by atoms with Gasteiger partial charge in [-0.2, -0.15) is 0 Å². The van der Waals surface area contributed by atoms with Gasteiger partial charge in [0.05, 0.1) is 0 Å². The molecule has 0 atom stereocenters. The zero-order chi connectivity index (χ0) is 29.0. The van der Waals surface area contributed by atoms with E-state index in [4.69, 9.17) is 9.98 Å². The molecule has 0 spiro atoms. The van der Waals surface area contributed by atoms with Crippen LogP contribution in [0.3, 0.4) is 0 Å². The van der Waals surface area contributed by atoms with E-state index >= 15 is 0 Å². The zero-order valence-corrected chi connectivity index (χ0v) is 30.1. The third-order valence-electron chi connectivity index (χ3n) is 9.50. The van der Waals surface area contributed by atoms with E-state index in [1.807, 2.05) is 0 Å². The van der Waals surface area contributed by atoms with Crippen molar-refractivity contribution in [2.75, 3.05) is 0 Å². The molecule has 0 saturated carbocycles. The van der Waals surface area contributed by atoms with Crippen molar-refractivity contribution in [2.24, 2.45) is 9.98 Å². The van der Waals surface area contributed by atoms with Crippen molar-refractivity contribution in [1.29, 1.82) is 0 Å². The first kappa shape index (κ1) is 28.6. The predicted octanol–water partition coefficient (Wildman–Crippen LogP) is 6.88. The standard InChI is InChI=1S/C36H44N4.Pb/c1-9-21-22(10-2)30-18-32-25(13-5)26(14-6)34(39-32)20-36-28(16-8)27(15-7)35(40-36)19-33-24(12-4)23(11-3)31(38-33)17-29(21)37-30;/h17-20H,9-16H2,1-8H3;/q-2;+2. The van der Waals surface area contributed by atoms with Gasteiger partial charge in [0.15, 0.2) is 0 Å². The Labute approximate surface area is 258 Å². The Kier molecular flexibility index (Phi) is 7.90. The van der Waals surface area contributed by atoms with Crippen LogP contribution in [0.4, 0.5) is 0 Å². The number of rotatable bonds is 8. The molecule has 0 amide bonds. The van der Waals surface area contributed by atoms with Gasteiger partial charge in [0.2, 0.25) is 0 Å². The number of aromatic nitrogens is 2. The van der Waals surface area contributed by atoms with Crippen LogP contribution >= 0.6 is 0 Å². The summed E-state index contributed by atoms with van der Waals surface area (Å²) in [5.74, 6) is 0. The van der Waals surface area contributed by atoms with Gasteiger partial charge in [0.25, 0.3) is 0 Å². The van der Waals surface area contributed by atoms with Gasteiger partial charge in [-0.1, -0.05) is 0 Å². The third kappa shape index (κ3) is 4.25. The zero-order valence-electron chi connectivity index (χ0n) is 26.3. The van der Waals surface area contributed by atoms with Crippen molar-refractivity contribution < 1.29 is 0 Å². The number of nitrogens with zero attached hydrogens (tertiary/aromatic N) is 4. The van der Waals surface area contributed by atoms with Crippen molar-refractivity contribution in [2.45, 2.75) is 107 Å². The van der Waals surface area contributed by atoms with Crippen LogP contribution in [-0.4, -0.2) is 41.0 Å². The van der Waals surface area contributed by atoms with Gasteiger partial charge in [-0.3, -0.25) is 0 Å². The Morgan fingerprint density at radius 2 is 0.854 bits per heavy atom. The van der Waals surface area contributed by atoms with E-state index in [2.05, 4.69) is 84.4 Å². The number of fused-ring (bicyclic) bond motifs is 2. The SMILES string of the molecule is CCC1=C(CC)C2=NC1=Cc1c(CC)c(CC)c3[n]1[Pb][n]1c(c(CC)c(CC)c1=CC1=NC(=C3)C(CC)=C1CC)=C2. The summed E-state index contributed by atoms with van der Waals surface area (Å²) in [4.78, 5) is 10.8. The van der Waals surface area contributed by atoms with Crippen LogP contribution in [0.25, 0.3) is 24.3 Å². The molecule has 4 aliphatic heterocycles. The molecule has 0 aromatic carbocycles. The van der Waals surface area contributed by atoms with Gasteiger partial charge < -0.3 is 0 Å². The van der Waals surface area contributed by atoms with Crippen molar-refractivity contribution in [3.05, 3.63) is 78.0 Å². The number of hydrogen-bond donors (Lipinski definition) is 0. The van der Waals surface area contributed by atoms with Gasteiger partial charge in [-0.05, 0) is 0 Å². The number of allylic oxidation sites excluding steroid dienone is 4. The summed E-state index contributed by atoms with van der Waals surface area (Å²) >= 11 is -1.68. The van der Waals surface area contributed by atoms with Crippen LogP contribution in [0, 0.1) is 0 Å². The number of aliphatic imine (C=N–C) groups is 2. The second kappa shape index (κ2) is 11.3. The van der Waals surface area contributed by atoms with Crippen LogP contribution in [0.15, 0.2) is 43.7 Å². The summed E-state index contributed by atoms with van der Waals surface area (Å²) in [5.41, 5.74) is 19.3. The second-order valence-electron chi connectivity index (χ2n) is 11.3. The molecule has 41 heavy (non-hydrogen) atoms. The van der Waals surface area contributed by atoms with Gasteiger partial charge in [-0.25, -0.2) is 0 Å². The Balaban J connectivity index is 1.88. The third-order valence-corrected chi connectivity index (χ3v) is 14.8. The van der Waals surface area contributed by atoms with Crippen molar-refractivity contribution in [3.63, 3.8) is 0 Å². The van der Waals surface area contributed by atoms with Crippen LogP contribution < -0.4 is 10.7 Å². The van der Waals surface area contributed by atoms with E-state index in [9.17, 15) is 0 Å².